The van der Waals surface area contributed by atoms with Crippen LogP contribution >= 0.6 is 0 Å². The summed E-state index contributed by atoms with van der Waals surface area (Å²) < 4.78 is 89.6. The van der Waals surface area contributed by atoms with Crippen molar-refractivity contribution in [1.29, 1.82) is 0 Å². The molecule has 1 aliphatic heterocycles. The summed E-state index contributed by atoms with van der Waals surface area (Å²) in [4.78, 5) is 11.8. The van der Waals surface area contributed by atoms with E-state index in [1.165, 1.54) is 12.1 Å². The van der Waals surface area contributed by atoms with Crippen LogP contribution < -0.4 is 9.04 Å². The molecule has 0 fully saturated rings. The number of halogens is 2. The summed E-state index contributed by atoms with van der Waals surface area (Å²) in [5.41, 5.74) is -0.170. The highest BCUT2D eigenvalue weighted by Crippen LogP contribution is 2.38. The number of ether oxygens (including phenoxy) is 2. The van der Waals surface area contributed by atoms with Crippen molar-refractivity contribution in [2.24, 2.45) is 0 Å². The topological polar surface area (TPSA) is 107 Å². The molecule has 35 heavy (non-hydrogen) atoms. The average Bonchev–Trinajstić information content (AvgIpc) is 2.71. The standard InChI is InChI=1S/C23H27F2NO7S2/c1-23(2,3)33-22(27)12-15-5-8-21-20(11-15)26(14-16(32-21)9-10-34(4,28)29)35(30,31)17-6-7-18(24)19(25)13-17/h5-8,11,13,16H,9-10,12,14H2,1-4H3/t16-/m0/s1. The van der Waals surface area contributed by atoms with Crippen LogP contribution in [-0.4, -0.2) is 53.1 Å². The lowest BCUT2D eigenvalue weighted by Crippen LogP contribution is -2.44. The molecule has 1 aliphatic rings. The lowest BCUT2D eigenvalue weighted by Gasteiger charge is -2.35. The molecule has 0 unspecified atom stereocenters. The zero-order valence-corrected chi connectivity index (χ0v) is 21.4. The smallest absolute Gasteiger partial charge is 0.310 e. The number of hydrogen-bond acceptors (Lipinski definition) is 7. The van der Waals surface area contributed by atoms with Crippen LogP contribution in [0.25, 0.3) is 0 Å². The molecule has 0 saturated heterocycles. The Morgan fingerprint density at radius 3 is 2.37 bits per heavy atom. The van der Waals surface area contributed by atoms with Crippen molar-refractivity contribution >= 4 is 31.5 Å². The number of hydrogen-bond donors (Lipinski definition) is 0. The number of sulfonamides is 1. The van der Waals surface area contributed by atoms with Gasteiger partial charge in [0.2, 0.25) is 0 Å². The van der Waals surface area contributed by atoms with Crippen molar-refractivity contribution < 1.29 is 39.9 Å². The number of anilines is 1. The van der Waals surface area contributed by atoms with Crippen LogP contribution in [0.5, 0.6) is 5.75 Å². The minimum atomic E-state index is -4.39. The fraction of sp³-hybridized carbons (Fsp3) is 0.435. The number of carbonyl (C=O) groups is 1. The Labute approximate surface area is 203 Å². The van der Waals surface area contributed by atoms with Crippen molar-refractivity contribution in [3.63, 3.8) is 0 Å². The second-order valence-corrected chi connectivity index (χ2v) is 13.5. The predicted molar refractivity (Wildman–Crippen MR) is 126 cm³/mol. The van der Waals surface area contributed by atoms with E-state index >= 15 is 0 Å². The summed E-state index contributed by atoms with van der Waals surface area (Å²) in [6.45, 7) is 4.90. The SMILES string of the molecule is CC(C)(C)OC(=O)Cc1ccc2c(c1)N(S(=O)(=O)c1ccc(F)c(F)c1)C[C@H](CCS(C)(=O)=O)O2. The molecule has 2 aromatic carbocycles. The Morgan fingerprint density at radius 2 is 1.77 bits per heavy atom. The number of carbonyl (C=O) groups excluding carboxylic acids is 1. The first-order valence-corrected chi connectivity index (χ1v) is 14.2. The van der Waals surface area contributed by atoms with Crippen LogP contribution in [0, 0.1) is 11.6 Å². The number of nitrogens with zero attached hydrogens (tertiary/aromatic N) is 1. The van der Waals surface area contributed by atoms with E-state index in [1.54, 1.807) is 26.8 Å². The zero-order chi connectivity index (χ0) is 26.2. The van der Waals surface area contributed by atoms with Gasteiger partial charge in [-0.25, -0.2) is 25.6 Å². The zero-order valence-electron chi connectivity index (χ0n) is 19.7. The molecule has 0 saturated carbocycles. The van der Waals surface area contributed by atoms with E-state index in [9.17, 15) is 30.4 Å². The summed E-state index contributed by atoms with van der Waals surface area (Å²) in [6, 6.07) is 6.74. The van der Waals surface area contributed by atoms with Gasteiger partial charge in [-0.2, -0.15) is 0 Å². The summed E-state index contributed by atoms with van der Waals surface area (Å²) in [5.74, 6) is -3.13. The lowest BCUT2D eigenvalue weighted by atomic mass is 10.1. The van der Waals surface area contributed by atoms with Crippen molar-refractivity contribution in [2.75, 3.05) is 22.9 Å². The predicted octanol–water partition coefficient (Wildman–Crippen LogP) is 3.24. The van der Waals surface area contributed by atoms with Crippen molar-refractivity contribution in [1.82, 2.24) is 0 Å². The first-order chi connectivity index (χ1) is 16.0. The summed E-state index contributed by atoms with van der Waals surface area (Å²) >= 11 is 0. The third kappa shape index (κ3) is 6.91. The second-order valence-electron chi connectivity index (χ2n) is 9.34. The van der Waals surface area contributed by atoms with Gasteiger partial charge >= 0.3 is 5.97 Å². The Balaban J connectivity index is 2.01. The fourth-order valence-electron chi connectivity index (χ4n) is 3.50. The molecule has 8 nitrogen and oxygen atoms in total. The highest BCUT2D eigenvalue weighted by molar-refractivity contribution is 7.92. The Morgan fingerprint density at radius 1 is 1.09 bits per heavy atom. The van der Waals surface area contributed by atoms with Gasteiger partial charge in [0.05, 0.1) is 29.3 Å². The minimum Gasteiger partial charge on any atom is -0.486 e. The lowest BCUT2D eigenvalue weighted by molar-refractivity contribution is -0.153. The van der Waals surface area contributed by atoms with Gasteiger partial charge in [0.1, 0.15) is 27.3 Å². The largest absolute Gasteiger partial charge is 0.486 e. The second kappa shape index (κ2) is 9.73. The molecular formula is C23H27F2NO7S2. The van der Waals surface area contributed by atoms with E-state index in [0.29, 0.717) is 17.7 Å². The van der Waals surface area contributed by atoms with E-state index in [4.69, 9.17) is 9.47 Å². The van der Waals surface area contributed by atoms with Crippen molar-refractivity contribution in [3.8, 4) is 5.75 Å². The number of fused-ring (bicyclic) bond motifs is 1. The van der Waals surface area contributed by atoms with E-state index in [1.807, 2.05) is 0 Å². The Bertz CT molecular complexity index is 1340. The van der Waals surface area contributed by atoms with Gasteiger partial charge in [-0.15, -0.1) is 0 Å². The number of rotatable bonds is 7. The van der Waals surface area contributed by atoms with Crippen LogP contribution in [0.2, 0.25) is 0 Å². The van der Waals surface area contributed by atoms with E-state index in [0.717, 1.165) is 16.6 Å². The molecule has 0 aromatic heterocycles. The van der Waals surface area contributed by atoms with Gasteiger partial charge < -0.3 is 9.47 Å². The van der Waals surface area contributed by atoms with Gasteiger partial charge in [0, 0.05) is 6.26 Å². The van der Waals surface area contributed by atoms with Crippen molar-refractivity contribution in [2.45, 2.75) is 50.2 Å². The summed E-state index contributed by atoms with van der Waals surface area (Å²) in [7, 11) is -7.74. The normalized spacial score (nSPS) is 16.4. The van der Waals surface area contributed by atoms with Crippen LogP contribution in [0.4, 0.5) is 14.5 Å². The molecule has 0 radical (unpaired) electrons. The Kier molecular flexibility index (Phi) is 7.47. The number of sulfone groups is 1. The van der Waals surface area contributed by atoms with Gasteiger partial charge in [0.15, 0.2) is 11.6 Å². The molecule has 0 N–H and O–H groups in total. The third-order valence-electron chi connectivity index (χ3n) is 5.01. The highest BCUT2D eigenvalue weighted by atomic mass is 32.2. The maximum atomic E-state index is 13.8. The Hall–Kier alpha value is -2.73. The van der Waals surface area contributed by atoms with Gasteiger partial charge in [-0.3, -0.25) is 9.10 Å². The number of benzene rings is 2. The number of esters is 1. The third-order valence-corrected chi connectivity index (χ3v) is 7.77. The fourth-order valence-corrected chi connectivity index (χ4v) is 5.70. The molecule has 0 bridgehead atoms. The highest BCUT2D eigenvalue weighted by Gasteiger charge is 2.35. The monoisotopic (exact) mass is 531 g/mol. The molecule has 0 aliphatic carbocycles. The molecule has 0 amide bonds. The van der Waals surface area contributed by atoms with Crippen LogP contribution in [0.3, 0.4) is 0 Å². The van der Waals surface area contributed by atoms with Gasteiger partial charge in [-0.05, 0) is 63.1 Å². The van der Waals surface area contributed by atoms with E-state index in [-0.39, 0.29) is 36.6 Å². The molecule has 192 valence electrons. The van der Waals surface area contributed by atoms with Gasteiger partial charge in [0.25, 0.3) is 10.0 Å². The molecule has 1 heterocycles. The summed E-state index contributed by atoms with van der Waals surface area (Å²) in [6.07, 6.45) is 0.125. The molecule has 1 atom stereocenters. The van der Waals surface area contributed by atoms with Crippen LogP contribution in [0.1, 0.15) is 32.8 Å². The van der Waals surface area contributed by atoms with Crippen molar-refractivity contribution in [3.05, 3.63) is 53.6 Å². The van der Waals surface area contributed by atoms with Crippen LogP contribution in [-0.2, 0) is 35.8 Å². The molecule has 3 rings (SSSR count). The minimum absolute atomic E-state index is 0.0156. The summed E-state index contributed by atoms with van der Waals surface area (Å²) in [5, 5.41) is 0. The first kappa shape index (κ1) is 26.9. The average molecular weight is 532 g/mol. The van der Waals surface area contributed by atoms with E-state index < -0.39 is 54.1 Å². The molecule has 2 aromatic rings. The van der Waals surface area contributed by atoms with Crippen LogP contribution in [0.15, 0.2) is 41.3 Å². The first-order valence-electron chi connectivity index (χ1n) is 10.7. The van der Waals surface area contributed by atoms with E-state index in [2.05, 4.69) is 0 Å². The van der Waals surface area contributed by atoms with Gasteiger partial charge in [-0.1, -0.05) is 6.07 Å². The maximum absolute atomic E-state index is 13.8. The molecular weight excluding hydrogens is 504 g/mol. The molecule has 0 spiro atoms. The quantitative estimate of drug-likeness (QED) is 0.505. The molecule has 12 heteroatoms. The maximum Gasteiger partial charge on any atom is 0.310 e.